The second-order valence-corrected chi connectivity index (χ2v) is 8.29. The summed E-state index contributed by atoms with van der Waals surface area (Å²) in [5.41, 5.74) is 1.18. The van der Waals surface area contributed by atoms with Gasteiger partial charge in [-0.1, -0.05) is 37.0 Å². The third-order valence-electron chi connectivity index (χ3n) is 6.00. The van der Waals surface area contributed by atoms with Crippen LogP contribution in [0, 0.1) is 12.3 Å². The first kappa shape index (κ1) is 20.1. The first-order valence-electron chi connectivity index (χ1n) is 10.4. The van der Waals surface area contributed by atoms with Gasteiger partial charge in [0.25, 0.3) is 0 Å². The van der Waals surface area contributed by atoms with Gasteiger partial charge in [-0.2, -0.15) is 0 Å². The second-order valence-electron chi connectivity index (χ2n) is 8.29. The highest BCUT2D eigenvalue weighted by molar-refractivity contribution is 6.09. The molecule has 4 rings (SSSR count). The number of benzene rings is 2. The summed E-state index contributed by atoms with van der Waals surface area (Å²) < 4.78 is 5.78. The van der Waals surface area contributed by atoms with E-state index >= 15 is 0 Å². The number of nitrogens with one attached hydrogen (secondary N) is 1. The summed E-state index contributed by atoms with van der Waals surface area (Å²) in [4.78, 5) is 38.8. The Hall–Kier alpha value is -3.15. The molecule has 0 bridgehead atoms. The van der Waals surface area contributed by atoms with E-state index in [4.69, 9.17) is 4.74 Å². The highest BCUT2D eigenvalue weighted by atomic mass is 16.5. The van der Waals surface area contributed by atoms with Gasteiger partial charge in [0.15, 0.2) is 0 Å². The third-order valence-corrected chi connectivity index (χ3v) is 6.00. The molecule has 1 heterocycles. The number of likely N-dealkylation sites (tertiary alicyclic amines) is 1. The molecule has 0 atom stereocenters. The average molecular weight is 406 g/mol. The molecule has 1 saturated heterocycles. The normalized spacial score (nSPS) is 18.0. The van der Waals surface area contributed by atoms with Crippen LogP contribution in [0.2, 0.25) is 0 Å². The van der Waals surface area contributed by atoms with E-state index in [2.05, 4.69) is 5.32 Å². The Kier molecular flexibility index (Phi) is 5.57. The van der Waals surface area contributed by atoms with Gasteiger partial charge in [0.1, 0.15) is 18.0 Å². The molecule has 1 spiro atoms. The van der Waals surface area contributed by atoms with E-state index in [-0.39, 0.29) is 30.7 Å². The molecule has 0 aromatic heterocycles. The Morgan fingerprint density at radius 2 is 1.57 bits per heavy atom. The number of carbonyl (C=O) groups is 3. The number of anilines is 1. The topological polar surface area (TPSA) is 75.7 Å². The molecule has 30 heavy (non-hydrogen) atoms. The summed E-state index contributed by atoms with van der Waals surface area (Å²) in [6, 6.07) is 14.7. The zero-order chi connectivity index (χ0) is 21.1. The second kappa shape index (κ2) is 8.30. The summed E-state index contributed by atoms with van der Waals surface area (Å²) >= 11 is 0. The summed E-state index contributed by atoms with van der Waals surface area (Å²) in [7, 11) is 0. The molecule has 2 fully saturated rings. The minimum Gasteiger partial charge on any atom is -0.457 e. The maximum Gasteiger partial charge on any atom is 0.244 e. The number of nitrogens with zero attached hydrogens (tertiary/aromatic N) is 1. The van der Waals surface area contributed by atoms with E-state index < -0.39 is 5.41 Å². The van der Waals surface area contributed by atoms with Crippen LogP contribution in [0.5, 0.6) is 11.5 Å². The van der Waals surface area contributed by atoms with Crippen LogP contribution in [0.1, 0.15) is 44.1 Å². The lowest BCUT2D eigenvalue weighted by Gasteiger charge is -2.30. The van der Waals surface area contributed by atoms with E-state index in [1.807, 2.05) is 31.2 Å². The number of carbonyl (C=O) groups excluding carboxylic acids is 3. The zero-order valence-electron chi connectivity index (χ0n) is 17.1. The van der Waals surface area contributed by atoms with Crippen LogP contribution >= 0.6 is 0 Å². The van der Waals surface area contributed by atoms with Crippen molar-refractivity contribution in [2.24, 2.45) is 5.41 Å². The van der Waals surface area contributed by atoms with Crippen LogP contribution in [-0.4, -0.2) is 29.2 Å². The molecule has 2 aromatic carbocycles. The molecule has 156 valence electrons. The van der Waals surface area contributed by atoms with E-state index in [1.165, 1.54) is 0 Å². The van der Waals surface area contributed by atoms with Crippen LogP contribution in [0.15, 0.2) is 48.5 Å². The molecule has 1 N–H and O–H groups in total. The van der Waals surface area contributed by atoms with E-state index in [9.17, 15) is 14.4 Å². The maximum absolute atomic E-state index is 12.8. The molecule has 0 unspecified atom stereocenters. The number of ether oxygens (including phenoxy) is 1. The highest BCUT2D eigenvalue weighted by Gasteiger charge is 2.51. The number of hydrogen-bond donors (Lipinski definition) is 1. The van der Waals surface area contributed by atoms with Crippen molar-refractivity contribution in [3.8, 4) is 11.5 Å². The lowest BCUT2D eigenvalue weighted by atomic mass is 9.73. The molecule has 3 amide bonds. The lowest BCUT2D eigenvalue weighted by molar-refractivity contribution is -0.144. The number of aryl methyl sites for hydroxylation is 1. The summed E-state index contributed by atoms with van der Waals surface area (Å²) in [6.07, 6.45) is 4.78. The van der Waals surface area contributed by atoms with Crippen molar-refractivity contribution >= 4 is 23.4 Å². The number of imide groups is 1. The summed E-state index contributed by atoms with van der Waals surface area (Å²) in [5, 5.41) is 2.76. The number of hydrogen-bond acceptors (Lipinski definition) is 4. The Morgan fingerprint density at radius 1 is 0.967 bits per heavy atom. The van der Waals surface area contributed by atoms with Crippen LogP contribution in [0.4, 0.5) is 5.69 Å². The van der Waals surface area contributed by atoms with Crippen LogP contribution in [0.25, 0.3) is 0 Å². The molecule has 1 aliphatic heterocycles. The first-order chi connectivity index (χ1) is 14.4. The standard InChI is InChI=1S/C24H26N2O4/c1-17-5-9-19(10-6-17)30-20-11-7-18(8-12-20)25-21(27)16-26-22(28)15-24(23(26)29)13-3-2-4-14-24/h5-12H,2-4,13-16H2,1H3,(H,25,27). The van der Waals surface area contributed by atoms with Crippen molar-refractivity contribution in [3.05, 3.63) is 54.1 Å². The predicted molar refractivity (Wildman–Crippen MR) is 113 cm³/mol. The third kappa shape index (κ3) is 4.22. The Balaban J connectivity index is 1.34. The van der Waals surface area contributed by atoms with Crippen molar-refractivity contribution in [1.29, 1.82) is 0 Å². The van der Waals surface area contributed by atoms with E-state index in [0.717, 1.165) is 48.3 Å². The van der Waals surface area contributed by atoms with Gasteiger partial charge in [0, 0.05) is 12.1 Å². The average Bonchev–Trinajstić information content (AvgIpc) is 2.95. The molecule has 1 aliphatic carbocycles. The fraction of sp³-hybridized carbons (Fsp3) is 0.375. The van der Waals surface area contributed by atoms with E-state index in [0.29, 0.717) is 11.4 Å². The van der Waals surface area contributed by atoms with Crippen molar-refractivity contribution in [1.82, 2.24) is 4.90 Å². The molecule has 6 heteroatoms. The molecular weight excluding hydrogens is 380 g/mol. The van der Waals surface area contributed by atoms with Gasteiger partial charge in [-0.05, 0) is 56.2 Å². The Bertz CT molecular complexity index is 944. The van der Waals surface area contributed by atoms with Gasteiger partial charge in [-0.15, -0.1) is 0 Å². The number of amides is 3. The van der Waals surface area contributed by atoms with Crippen molar-refractivity contribution in [2.45, 2.75) is 45.4 Å². The van der Waals surface area contributed by atoms with Gasteiger partial charge in [0.2, 0.25) is 17.7 Å². The van der Waals surface area contributed by atoms with Crippen molar-refractivity contribution < 1.29 is 19.1 Å². The highest BCUT2D eigenvalue weighted by Crippen LogP contribution is 2.45. The molecular formula is C24H26N2O4. The fourth-order valence-electron chi connectivity index (χ4n) is 4.33. The van der Waals surface area contributed by atoms with Crippen LogP contribution < -0.4 is 10.1 Å². The van der Waals surface area contributed by atoms with Crippen molar-refractivity contribution in [2.75, 3.05) is 11.9 Å². The quantitative estimate of drug-likeness (QED) is 0.745. The first-order valence-corrected chi connectivity index (χ1v) is 10.4. The monoisotopic (exact) mass is 406 g/mol. The van der Waals surface area contributed by atoms with Crippen LogP contribution in [0.3, 0.4) is 0 Å². The van der Waals surface area contributed by atoms with Gasteiger partial charge in [-0.3, -0.25) is 19.3 Å². The van der Waals surface area contributed by atoms with Crippen LogP contribution in [-0.2, 0) is 14.4 Å². The van der Waals surface area contributed by atoms with Gasteiger partial charge >= 0.3 is 0 Å². The minimum absolute atomic E-state index is 0.177. The molecule has 2 aromatic rings. The minimum atomic E-state index is -0.565. The lowest BCUT2D eigenvalue weighted by Crippen LogP contribution is -2.41. The zero-order valence-corrected chi connectivity index (χ0v) is 17.1. The Morgan fingerprint density at radius 3 is 2.20 bits per heavy atom. The molecule has 1 saturated carbocycles. The summed E-state index contributed by atoms with van der Waals surface area (Å²) in [6.45, 7) is 1.78. The van der Waals surface area contributed by atoms with Gasteiger partial charge in [-0.25, -0.2) is 0 Å². The van der Waals surface area contributed by atoms with Gasteiger partial charge in [0.05, 0.1) is 5.41 Å². The van der Waals surface area contributed by atoms with E-state index in [1.54, 1.807) is 24.3 Å². The fourth-order valence-corrected chi connectivity index (χ4v) is 4.33. The predicted octanol–water partition coefficient (Wildman–Crippen LogP) is 4.44. The SMILES string of the molecule is Cc1ccc(Oc2ccc(NC(=O)CN3C(=O)CC4(CCCCC4)C3=O)cc2)cc1. The van der Waals surface area contributed by atoms with Gasteiger partial charge < -0.3 is 10.1 Å². The smallest absolute Gasteiger partial charge is 0.244 e. The molecule has 0 radical (unpaired) electrons. The molecule has 6 nitrogen and oxygen atoms in total. The Labute approximate surface area is 176 Å². The van der Waals surface area contributed by atoms with Crippen molar-refractivity contribution in [3.63, 3.8) is 0 Å². The maximum atomic E-state index is 12.8. The number of rotatable bonds is 5. The molecule has 2 aliphatic rings. The summed E-state index contributed by atoms with van der Waals surface area (Å²) in [5.74, 6) is 0.598. The largest absolute Gasteiger partial charge is 0.457 e.